The van der Waals surface area contributed by atoms with E-state index in [0.717, 1.165) is 25.2 Å². The van der Waals surface area contributed by atoms with Crippen LogP contribution in [0.15, 0.2) is 65.8 Å². The molecule has 2 atom stereocenters. The molecule has 2 heterocycles. The molecule has 0 spiro atoms. The molecule has 2 aromatic carbocycles. The number of piperidine rings is 1. The van der Waals surface area contributed by atoms with E-state index in [9.17, 15) is 27.2 Å². The molecule has 0 amide bonds. The lowest BCUT2D eigenvalue weighted by Crippen LogP contribution is -2.43. The zero-order valence-electron chi connectivity index (χ0n) is 23.4. The van der Waals surface area contributed by atoms with Crippen LogP contribution in [0.25, 0.3) is 0 Å². The van der Waals surface area contributed by atoms with Gasteiger partial charge < -0.3 is 19.4 Å². The molecular weight excluding hydrogens is 641 g/mol. The maximum atomic E-state index is 13.6. The van der Waals surface area contributed by atoms with Gasteiger partial charge in [-0.2, -0.15) is 17.8 Å². The van der Waals surface area contributed by atoms with E-state index in [2.05, 4.69) is 4.74 Å². The van der Waals surface area contributed by atoms with Gasteiger partial charge in [-0.25, -0.2) is 8.42 Å². The topological polar surface area (TPSA) is 109 Å². The van der Waals surface area contributed by atoms with Crippen molar-refractivity contribution in [3.63, 3.8) is 0 Å². The summed E-state index contributed by atoms with van der Waals surface area (Å²) < 4.78 is 70.9. The number of pyridine rings is 1. The summed E-state index contributed by atoms with van der Waals surface area (Å²) >= 11 is 12.7. The molecule has 0 unspecified atom stereocenters. The van der Waals surface area contributed by atoms with Gasteiger partial charge in [-0.05, 0) is 61.4 Å². The lowest BCUT2D eigenvalue weighted by atomic mass is 9.98. The standard InChI is InChI=1S/C30H30Cl2F2N2O7S/c31-24-16-35(38)17-25(32)23(24)14-27(20-10-11-26(43-30(33)34)28(13-20)41-18-19-8-9-19)42-29(37)21-5-4-12-36(15-21)44(39,40)22-6-2-1-3-7-22/h1-3,6-7,10-11,13,16-17,19,21,27,30H,4-5,8-9,12,14-15,18H2/t21-,27+/m1/s1. The molecule has 14 heteroatoms. The summed E-state index contributed by atoms with van der Waals surface area (Å²) in [5.74, 6) is -1.24. The van der Waals surface area contributed by atoms with E-state index >= 15 is 0 Å². The first-order chi connectivity index (χ1) is 21.0. The molecule has 0 bridgehead atoms. The molecule has 1 aliphatic heterocycles. The largest absolute Gasteiger partial charge is 0.619 e. The summed E-state index contributed by atoms with van der Waals surface area (Å²) in [6.45, 7) is -2.61. The Morgan fingerprint density at radius 1 is 1.05 bits per heavy atom. The molecule has 3 aromatic rings. The molecule has 0 N–H and O–H groups in total. The van der Waals surface area contributed by atoms with E-state index in [1.807, 2.05) is 0 Å². The fourth-order valence-electron chi connectivity index (χ4n) is 4.99. The van der Waals surface area contributed by atoms with Crippen LogP contribution in [-0.4, -0.2) is 45.0 Å². The maximum Gasteiger partial charge on any atom is 0.387 e. The van der Waals surface area contributed by atoms with Crippen molar-refractivity contribution in [1.82, 2.24) is 4.31 Å². The second kappa shape index (κ2) is 13.8. The van der Waals surface area contributed by atoms with E-state index in [1.165, 1.54) is 34.6 Å². The van der Waals surface area contributed by atoms with E-state index in [-0.39, 0.29) is 46.0 Å². The van der Waals surface area contributed by atoms with Crippen molar-refractivity contribution in [2.45, 2.75) is 49.7 Å². The van der Waals surface area contributed by atoms with Gasteiger partial charge in [0.2, 0.25) is 10.0 Å². The molecule has 5 rings (SSSR count). The van der Waals surface area contributed by atoms with E-state index < -0.39 is 34.6 Å². The third-order valence-corrected chi connectivity index (χ3v) is 10.1. The maximum absolute atomic E-state index is 13.6. The number of halogens is 4. The summed E-state index contributed by atoms with van der Waals surface area (Å²) in [6, 6.07) is 12.2. The van der Waals surface area contributed by atoms with Crippen LogP contribution in [0, 0.1) is 17.0 Å². The Labute approximate surface area is 263 Å². The second-order valence-corrected chi connectivity index (χ2v) is 13.5. The molecule has 2 fully saturated rings. The zero-order chi connectivity index (χ0) is 31.4. The van der Waals surface area contributed by atoms with Crippen molar-refractivity contribution < 1.29 is 40.9 Å². The van der Waals surface area contributed by atoms with Crippen molar-refractivity contribution in [3.8, 4) is 11.5 Å². The zero-order valence-corrected chi connectivity index (χ0v) is 25.7. The molecule has 44 heavy (non-hydrogen) atoms. The van der Waals surface area contributed by atoms with Crippen LogP contribution < -0.4 is 14.2 Å². The normalized spacial score (nSPS) is 18.2. The van der Waals surface area contributed by atoms with E-state index in [4.69, 9.17) is 32.7 Å². The predicted molar refractivity (Wildman–Crippen MR) is 157 cm³/mol. The Morgan fingerprint density at radius 2 is 1.75 bits per heavy atom. The third-order valence-electron chi connectivity index (χ3n) is 7.53. The number of hydrogen-bond acceptors (Lipinski definition) is 7. The molecule has 1 aliphatic carbocycles. The molecule has 1 aromatic heterocycles. The van der Waals surface area contributed by atoms with Gasteiger partial charge in [-0.3, -0.25) is 4.79 Å². The highest BCUT2D eigenvalue weighted by Crippen LogP contribution is 2.38. The number of hydrogen-bond donors (Lipinski definition) is 0. The number of alkyl halides is 2. The minimum Gasteiger partial charge on any atom is -0.619 e. The first-order valence-corrected chi connectivity index (χ1v) is 16.2. The second-order valence-electron chi connectivity index (χ2n) is 10.8. The van der Waals surface area contributed by atoms with E-state index in [0.29, 0.717) is 41.2 Å². The Morgan fingerprint density at radius 3 is 2.41 bits per heavy atom. The number of carbonyl (C=O) groups excluding carboxylic acids is 1. The van der Waals surface area contributed by atoms with Crippen LogP contribution in [-0.2, 0) is 26.0 Å². The van der Waals surface area contributed by atoms with E-state index in [1.54, 1.807) is 18.2 Å². The fourth-order valence-corrected chi connectivity index (χ4v) is 7.14. The predicted octanol–water partition coefficient (Wildman–Crippen LogP) is 5.94. The lowest BCUT2D eigenvalue weighted by molar-refractivity contribution is -0.605. The van der Waals surface area contributed by atoms with Gasteiger partial charge in [0.25, 0.3) is 0 Å². The summed E-state index contributed by atoms with van der Waals surface area (Å²) in [5, 5.41) is 11.9. The molecule has 2 aliphatic rings. The Kier molecular flexibility index (Phi) is 10.1. The summed E-state index contributed by atoms with van der Waals surface area (Å²) in [5.41, 5.74) is 0.699. The van der Waals surface area contributed by atoms with Crippen molar-refractivity contribution >= 4 is 39.2 Å². The molecule has 0 radical (unpaired) electrons. The molecule has 236 valence electrons. The van der Waals surface area contributed by atoms with Crippen molar-refractivity contribution in [2.24, 2.45) is 11.8 Å². The van der Waals surface area contributed by atoms with Crippen molar-refractivity contribution in [3.05, 3.63) is 87.3 Å². The minimum absolute atomic E-state index is 0.0363. The van der Waals surface area contributed by atoms with Gasteiger partial charge in [0, 0.05) is 25.1 Å². The Balaban J connectivity index is 1.42. The van der Waals surface area contributed by atoms with Gasteiger partial charge in [0.1, 0.15) is 16.1 Å². The van der Waals surface area contributed by atoms with Crippen LogP contribution >= 0.6 is 23.2 Å². The SMILES string of the molecule is O=C(O[C@@H](Cc1c(Cl)c[n+]([O-])cc1Cl)c1ccc(OC(F)F)c(OCC2CC2)c1)[C@@H]1CCCN(S(=O)(=O)c2ccccc2)C1. The fraction of sp³-hybridized carbons (Fsp3) is 0.400. The summed E-state index contributed by atoms with van der Waals surface area (Å²) in [6.07, 6.45) is 3.87. The van der Waals surface area contributed by atoms with Crippen LogP contribution in [0.3, 0.4) is 0 Å². The number of aromatic nitrogens is 1. The number of rotatable bonds is 12. The van der Waals surface area contributed by atoms with Crippen LogP contribution in [0.2, 0.25) is 10.0 Å². The molecule has 1 saturated carbocycles. The average molecular weight is 672 g/mol. The number of esters is 1. The quantitative estimate of drug-likeness (QED) is 0.133. The number of sulfonamides is 1. The highest BCUT2D eigenvalue weighted by molar-refractivity contribution is 7.89. The third kappa shape index (κ3) is 7.90. The molecule has 9 nitrogen and oxygen atoms in total. The van der Waals surface area contributed by atoms with Gasteiger partial charge in [0.05, 0.1) is 17.4 Å². The van der Waals surface area contributed by atoms with Crippen LogP contribution in [0.4, 0.5) is 8.78 Å². The smallest absolute Gasteiger partial charge is 0.387 e. The van der Waals surface area contributed by atoms with Gasteiger partial charge in [-0.1, -0.05) is 47.5 Å². The Hall–Kier alpha value is -3.19. The van der Waals surface area contributed by atoms with Crippen molar-refractivity contribution in [2.75, 3.05) is 19.7 Å². The number of nitrogens with zero attached hydrogens (tertiary/aromatic N) is 2. The van der Waals surface area contributed by atoms with Gasteiger partial charge >= 0.3 is 12.6 Å². The van der Waals surface area contributed by atoms with Crippen LogP contribution in [0.5, 0.6) is 11.5 Å². The number of benzene rings is 2. The van der Waals surface area contributed by atoms with Crippen molar-refractivity contribution in [1.29, 1.82) is 0 Å². The summed E-state index contributed by atoms with van der Waals surface area (Å²) in [7, 11) is -3.83. The monoisotopic (exact) mass is 670 g/mol. The minimum atomic E-state index is -3.83. The lowest BCUT2D eigenvalue weighted by Gasteiger charge is -2.32. The average Bonchev–Trinajstić information content (AvgIpc) is 3.83. The summed E-state index contributed by atoms with van der Waals surface area (Å²) in [4.78, 5) is 13.7. The Bertz CT molecular complexity index is 1570. The number of ether oxygens (including phenoxy) is 3. The van der Waals surface area contributed by atoms with Gasteiger partial charge in [-0.15, -0.1) is 0 Å². The molecule has 1 saturated heterocycles. The number of carbonyl (C=O) groups is 1. The highest BCUT2D eigenvalue weighted by atomic mass is 35.5. The highest BCUT2D eigenvalue weighted by Gasteiger charge is 2.36. The first-order valence-electron chi connectivity index (χ1n) is 14.0. The first kappa shape index (κ1) is 32.2. The van der Waals surface area contributed by atoms with Gasteiger partial charge in [0.15, 0.2) is 23.9 Å². The van der Waals surface area contributed by atoms with Crippen LogP contribution in [0.1, 0.15) is 42.9 Å². The molecular formula is C30H30Cl2F2N2O7S.